The van der Waals surface area contributed by atoms with Gasteiger partial charge in [0.15, 0.2) is 5.13 Å². The lowest BCUT2D eigenvalue weighted by Crippen LogP contribution is -2.13. The predicted molar refractivity (Wildman–Crippen MR) is 114 cm³/mol. The molecule has 0 fully saturated rings. The average molecular weight is 429 g/mol. The highest BCUT2D eigenvalue weighted by Gasteiger charge is 2.13. The summed E-state index contributed by atoms with van der Waals surface area (Å²) in [5.74, 6) is 0.475. The Morgan fingerprint density at radius 2 is 2.07 bits per heavy atom. The zero-order chi connectivity index (χ0) is 19.5. The molecule has 1 N–H and O–H groups in total. The Bertz CT molecular complexity index is 1100. The highest BCUT2D eigenvalue weighted by Crippen LogP contribution is 2.28. The van der Waals surface area contributed by atoms with Crippen LogP contribution < -0.4 is 5.32 Å². The lowest BCUT2D eigenvalue weighted by molar-refractivity contribution is -0.113. The lowest BCUT2D eigenvalue weighted by Gasteiger charge is -2.02. The van der Waals surface area contributed by atoms with Gasteiger partial charge in [-0.2, -0.15) is 0 Å². The topological polar surface area (TPSA) is 80.9 Å². The summed E-state index contributed by atoms with van der Waals surface area (Å²) in [5.41, 5.74) is 4.36. The van der Waals surface area contributed by atoms with E-state index in [1.165, 1.54) is 45.6 Å². The molecule has 28 heavy (non-hydrogen) atoms. The van der Waals surface area contributed by atoms with Gasteiger partial charge in [-0.1, -0.05) is 30.0 Å². The fourth-order valence-corrected chi connectivity index (χ4v) is 4.36. The van der Waals surface area contributed by atoms with Crippen LogP contribution in [0.15, 0.2) is 50.7 Å². The molecule has 1 amide bonds. The number of amides is 1. The molecule has 0 aliphatic rings. The largest absolute Gasteiger partial charge is 0.410 e. The second kappa shape index (κ2) is 8.26. The summed E-state index contributed by atoms with van der Waals surface area (Å²) in [6.45, 7) is 4.16. The molecule has 0 atom stereocenters. The van der Waals surface area contributed by atoms with Crippen molar-refractivity contribution in [2.75, 3.05) is 11.1 Å². The second-order valence-electron chi connectivity index (χ2n) is 6.02. The summed E-state index contributed by atoms with van der Waals surface area (Å²) in [6.07, 6.45) is 0. The van der Waals surface area contributed by atoms with Crippen molar-refractivity contribution in [3.05, 3.63) is 52.2 Å². The third kappa shape index (κ3) is 4.32. The first-order valence-corrected chi connectivity index (χ1v) is 11.2. The van der Waals surface area contributed by atoms with Gasteiger partial charge in [0, 0.05) is 10.9 Å². The number of carbonyl (C=O) groups is 1. The van der Waals surface area contributed by atoms with Crippen LogP contribution in [-0.4, -0.2) is 26.8 Å². The molecular weight excluding hydrogens is 412 g/mol. The van der Waals surface area contributed by atoms with E-state index >= 15 is 0 Å². The lowest BCUT2D eigenvalue weighted by atomic mass is 10.1. The van der Waals surface area contributed by atoms with Crippen molar-refractivity contribution >= 4 is 45.5 Å². The number of hydrogen-bond donors (Lipinski definition) is 1. The molecule has 3 aromatic heterocycles. The molecule has 0 unspecified atom stereocenters. The van der Waals surface area contributed by atoms with Crippen LogP contribution in [0.1, 0.15) is 11.1 Å². The number of anilines is 1. The van der Waals surface area contributed by atoms with Gasteiger partial charge in [-0.3, -0.25) is 4.79 Å². The van der Waals surface area contributed by atoms with Crippen LogP contribution in [0.25, 0.3) is 22.0 Å². The zero-order valence-electron chi connectivity index (χ0n) is 15.1. The van der Waals surface area contributed by atoms with Gasteiger partial charge in [-0.25, -0.2) is 4.98 Å². The highest BCUT2D eigenvalue weighted by molar-refractivity contribution is 7.99. The monoisotopic (exact) mass is 428 g/mol. The van der Waals surface area contributed by atoms with E-state index in [1.807, 2.05) is 29.0 Å². The number of thioether (sulfide) groups is 1. The van der Waals surface area contributed by atoms with Gasteiger partial charge >= 0.3 is 0 Å². The third-order valence-electron chi connectivity index (χ3n) is 4.02. The molecule has 0 aliphatic heterocycles. The molecule has 3 heterocycles. The van der Waals surface area contributed by atoms with E-state index in [1.54, 1.807) is 0 Å². The van der Waals surface area contributed by atoms with Crippen LogP contribution in [0, 0.1) is 13.8 Å². The maximum atomic E-state index is 12.2. The van der Waals surface area contributed by atoms with Crippen LogP contribution in [-0.2, 0) is 4.79 Å². The van der Waals surface area contributed by atoms with E-state index in [4.69, 9.17) is 4.42 Å². The molecule has 4 rings (SSSR count). The summed E-state index contributed by atoms with van der Waals surface area (Å²) in [6, 6.07) is 10.1. The number of aryl methyl sites for hydroxylation is 2. The van der Waals surface area contributed by atoms with E-state index in [0.29, 0.717) is 16.2 Å². The Balaban J connectivity index is 1.34. The molecule has 1 aromatic carbocycles. The maximum Gasteiger partial charge on any atom is 0.277 e. The molecule has 6 nitrogen and oxygen atoms in total. The van der Waals surface area contributed by atoms with Gasteiger partial charge in [0.05, 0.1) is 16.3 Å². The predicted octanol–water partition coefficient (Wildman–Crippen LogP) is 5.27. The molecule has 0 aliphatic carbocycles. The number of thiophene rings is 1. The molecule has 142 valence electrons. The highest BCUT2D eigenvalue weighted by atomic mass is 32.2. The number of nitrogens with one attached hydrogen (secondary N) is 1. The Hall–Kier alpha value is -2.49. The Kier molecular flexibility index (Phi) is 5.56. The van der Waals surface area contributed by atoms with Crippen molar-refractivity contribution in [3.8, 4) is 22.0 Å². The number of thiazole rings is 1. The summed E-state index contributed by atoms with van der Waals surface area (Å²) in [4.78, 5) is 17.6. The van der Waals surface area contributed by atoms with Gasteiger partial charge < -0.3 is 9.73 Å². The normalized spacial score (nSPS) is 10.9. The van der Waals surface area contributed by atoms with Crippen molar-refractivity contribution in [3.63, 3.8) is 0 Å². The van der Waals surface area contributed by atoms with Gasteiger partial charge in [0.1, 0.15) is 0 Å². The number of nitrogens with zero attached hydrogens (tertiary/aromatic N) is 3. The van der Waals surface area contributed by atoms with E-state index in [9.17, 15) is 4.79 Å². The van der Waals surface area contributed by atoms with Crippen LogP contribution >= 0.6 is 34.4 Å². The Morgan fingerprint density at radius 1 is 1.18 bits per heavy atom. The fourth-order valence-electron chi connectivity index (χ4n) is 2.42. The van der Waals surface area contributed by atoms with Crippen LogP contribution in [0.4, 0.5) is 5.13 Å². The van der Waals surface area contributed by atoms with Crippen molar-refractivity contribution < 1.29 is 9.21 Å². The number of hydrogen-bond acceptors (Lipinski definition) is 8. The minimum Gasteiger partial charge on any atom is -0.410 e. The zero-order valence-corrected chi connectivity index (χ0v) is 17.6. The maximum absolute atomic E-state index is 12.2. The fraction of sp³-hybridized carbons (Fsp3) is 0.158. The van der Waals surface area contributed by atoms with E-state index < -0.39 is 0 Å². The number of carbonyl (C=O) groups excluding carboxylic acids is 1. The smallest absolute Gasteiger partial charge is 0.277 e. The summed E-state index contributed by atoms with van der Waals surface area (Å²) in [5, 5.41) is 15.6. The summed E-state index contributed by atoms with van der Waals surface area (Å²) in [7, 11) is 0. The minimum absolute atomic E-state index is 0.165. The van der Waals surface area contributed by atoms with Gasteiger partial charge in [-0.05, 0) is 42.5 Å². The molecular formula is C19H16N4O2S3. The minimum atomic E-state index is -0.165. The van der Waals surface area contributed by atoms with Crippen molar-refractivity contribution in [1.29, 1.82) is 0 Å². The second-order valence-corrected chi connectivity index (χ2v) is 8.76. The van der Waals surface area contributed by atoms with Crippen LogP contribution in [0.3, 0.4) is 0 Å². The van der Waals surface area contributed by atoms with E-state index in [0.717, 1.165) is 16.1 Å². The molecule has 0 saturated heterocycles. The molecule has 0 spiro atoms. The summed E-state index contributed by atoms with van der Waals surface area (Å²) >= 11 is 4.13. The number of benzene rings is 1. The van der Waals surface area contributed by atoms with Gasteiger partial charge in [0.2, 0.25) is 5.91 Å². The average Bonchev–Trinajstić information content (AvgIpc) is 3.43. The van der Waals surface area contributed by atoms with E-state index in [-0.39, 0.29) is 11.7 Å². The van der Waals surface area contributed by atoms with Crippen LogP contribution in [0.2, 0.25) is 0 Å². The van der Waals surface area contributed by atoms with Crippen molar-refractivity contribution in [1.82, 2.24) is 15.2 Å². The standard InChI is InChI=1S/C19H16N4O2S3/c1-11-5-6-13(8-12(11)2)14-9-27-18(20-14)21-16(24)10-28-19-23-22-17(25-19)15-4-3-7-26-15/h3-9H,10H2,1-2H3,(H,20,21,24). The third-order valence-corrected chi connectivity index (χ3v) is 6.45. The van der Waals surface area contributed by atoms with Crippen LogP contribution in [0.5, 0.6) is 0 Å². The van der Waals surface area contributed by atoms with Gasteiger partial charge in [-0.15, -0.1) is 32.9 Å². The molecule has 0 saturated carbocycles. The summed E-state index contributed by atoms with van der Waals surface area (Å²) < 4.78 is 5.57. The first-order chi connectivity index (χ1) is 13.6. The Labute approximate surface area is 174 Å². The van der Waals surface area contributed by atoms with Crippen molar-refractivity contribution in [2.24, 2.45) is 0 Å². The number of aromatic nitrogens is 3. The van der Waals surface area contributed by atoms with Gasteiger partial charge in [0.25, 0.3) is 11.1 Å². The number of rotatable bonds is 6. The van der Waals surface area contributed by atoms with Crippen molar-refractivity contribution in [2.45, 2.75) is 19.1 Å². The SMILES string of the molecule is Cc1ccc(-c2csc(NC(=O)CSc3nnc(-c4cccs4)o3)n2)cc1C. The molecule has 9 heteroatoms. The first-order valence-electron chi connectivity index (χ1n) is 8.41. The van der Waals surface area contributed by atoms with E-state index in [2.05, 4.69) is 46.5 Å². The molecule has 0 radical (unpaired) electrons. The Morgan fingerprint density at radius 3 is 2.86 bits per heavy atom. The first kappa shape index (κ1) is 18.9. The quantitative estimate of drug-likeness (QED) is 0.421. The molecule has 0 bridgehead atoms. The molecule has 4 aromatic rings.